The molecule has 4 heteroatoms. The molecule has 1 N–H and O–H groups in total. The summed E-state index contributed by atoms with van der Waals surface area (Å²) < 4.78 is 10.4. The number of rotatable bonds is 7. The monoisotopic (exact) mass is 275 g/mol. The SMILES string of the molecule is C=CCNC(C)(C)/C=C(/Oc1ccccc1)C(=O)OC. The molecular weight excluding hydrogens is 254 g/mol. The average Bonchev–Trinajstić information content (AvgIpc) is 2.44. The predicted molar refractivity (Wildman–Crippen MR) is 79.4 cm³/mol. The molecule has 0 aliphatic carbocycles. The highest BCUT2D eigenvalue weighted by molar-refractivity contribution is 5.86. The third kappa shape index (κ3) is 5.28. The van der Waals surface area contributed by atoms with E-state index in [9.17, 15) is 4.79 Å². The second-order valence-corrected chi connectivity index (χ2v) is 4.81. The lowest BCUT2D eigenvalue weighted by molar-refractivity contribution is -0.138. The van der Waals surface area contributed by atoms with Gasteiger partial charge in [-0.15, -0.1) is 6.58 Å². The lowest BCUT2D eigenvalue weighted by Crippen LogP contribution is -2.38. The van der Waals surface area contributed by atoms with Crippen LogP contribution < -0.4 is 10.1 Å². The minimum absolute atomic E-state index is 0.153. The van der Waals surface area contributed by atoms with E-state index < -0.39 is 11.5 Å². The second-order valence-electron chi connectivity index (χ2n) is 4.81. The van der Waals surface area contributed by atoms with Gasteiger partial charge in [0.15, 0.2) is 0 Å². The molecule has 0 fully saturated rings. The van der Waals surface area contributed by atoms with Crippen molar-refractivity contribution < 1.29 is 14.3 Å². The summed E-state index contributed by atoms with van der Waals surface area (Å²) in [5.41, 5.74) is -0.424. The van der Waals surface area contributed by atoms with E-state index in [1.54, 1.807) is 24.3 Å². The Morgan fingerprint density at radius 2 is 2.00 bits per heavy atom. The summed E-state index contributed by atoms with van der Waals surface area (Å²) in [7, 11) is 1.33. The third-order valence-electron chi connectivity index (χ3n) is 2.55. The van der Waals surface area contributed by atoms with Crippen LogP contribution in [0.1, 0.15) is 13.8 Å². The van der Waals surface area contributed by atoms with Gasteiger partial charge in [0.1, 0.15) is 5.75 Å². The Bertz CT molecular complexity index is 478. The average molecular weight is 275 g/mol. The highest BCUT2D eigenvalue weighted by atomic mass is 16.6. The van der Waals surface area contributed by atoms with Crippen molar-refractivity contribution in [2.75, 3.05) is 13.7 Å². The van der Waals surface area contributed by atoms with E-state index in [0.717, 1.165) is 0 Å². The largest absolute Gasteiger partial charge is 0.463 e. The quantitative estimate of drug-likeness (QED) is 0.360. The molecular formula is C16H21NO3. The number of hydrogen-bond acceptors (Lipinski definition) is 4. The Kier molecular flexibility index (Phi) is 6.00. The minimum Gasteiger partial charge on any atom is -0.463 e. The highest BCUT2D eigenvalue weighted by Crippen LogP contribution is 2.16. The number of nitrogens with one attached hydrogen (secondary N) is 1. The van der Waals surface area contributed by atoms with Gasteiger partial charge >= 0.3 is 5.97 Å². The summed E-state index contributed by atoms with van der Waals surface area (Å²) >= 11 is 0. The van der Waals surface area contributed by atoms with Crippen LogP contribution in [0.3, 0.4) is 0 Å². The van der Waals surface area contributed by atoms with Crippen LogP contribution in [0.5, 0.6) is 5.75 Å². The maximum Gasteiger partial charge on any atom is 0.373 e. The number of carbonyl (C=O) groups is 1. The molecule has 20 heavy (non-hydrogen) atoms. The molecule has 0 unspecified atom stereocenters. The van der Waals surface area contributed by atoms with Gasteiger partial charge in [-0.2, -0.15) is 0 Å². The lowest BCUT2D eigenvalue weighted by Gasteiger charge is -2.22. The van der Waals surface area contributed by atoms with E-state index in [1.807, 2.05) is 32.0 Å². The van der Waals surface area contributed by atoms with Gasteiger partial charge < -0.3 is 14.8 Å². The fourth-order valence-electron chi connectivity index (χ4n) is 1.56. The summed E-state index contributed by atoms with van der Waals surface area (Å²) in [6.07, 6.45) is 3.46. The van der Waals surface area contributed by atoms with Crippen molar-refractivity contribution in [2.24, 2.45) is 0 Å². The van der Waals surface area contributed by atoms with Gasteiger partial charge in [0, 0.05) is 12.1 Å². The van der Waals surface area contributed by atoms with Gasteiger partial charge in [-0.1, -0.05) is 24.3 Å². The number of methoxy groups -OCH3 is 1. The van der Waals surface area contributed by atoms with Gasteiger partial charge in [0.25, 0.3) is 0 Å². The summed E-state index contributed by atoms with van der Waals surface area (Å²) in [5, 5.41) is 3.22. The lowest BCUT2D eigenvalue weighted by atomic mass is 10.0. The smallest absolute Gasteiger partial charge is 0.373 e. The van der Waals surface area contributed by atoms with Crippen LogP contribution in [0, 0.1) is 0 Å². The van der Waals surface area contributed by atoms with Crippen molar-refractivity contribution in [3.05, 3.63) is 54.8 Å². The molecule has 0 aliphatic heterocycles. The molecule has 1 aromatic carbocycles. The highest BCUT2D eigenvalue weighted by Gasteiger charge is 2.20. The van der Waals surface area contributed by atoms with Gasteiger partial charge in [-0.05, 0) is 32.1 Å². The Balaban J connectivity index is 2.94. The van der Waals surface area contributed by atoms with E-state index in [-0.39, 0.29) is 5.76 Å². The van der Waals surface area contributed by atoms with E-state index >= 15 is 0 Å². The number of esters is 1. The minimum atomic E-state index is -0.512. The standard InChI is InChI=1S/C16H21NO3/c1-5-11-17-16(2,3)12-14(15(18)19-4)20-13-9-7-6-8-10-13/h5-10,12,17H,1,11H2,2-4H3/b14-12+. The molecule has 108 valence electrons. The van der Waals surface area contributed by atoms with Gasteiger partial charge in [-0.3, -0.25) is 0 Å². The molecule has 0 amide bonds. The Morgan fingerprint density at radius 1 is 1.35 bits per heavy atom. The van der Waals surface area contributed by atoms with Crippen LogP contribution in [0.25, 0.3) is 0 Å². The molecule has 0 saturated carbocycles. The first-order valence-electron chi connectivity index (χ1n) is 6.38. The first-order valence-corrected chi connectivity index (χ1v) is 6.38. The Labute approximate surface area is 120 Å². The van der Waals surface area contributed by atoms with Gasteiger partial charge in [-0.25, -0.2) is 4.79 Å². The molecule has 0 spiro atoms. The molecule has 0 saturated heterocycles. The van der Waals surface area contributed by atoms with E-state index in [2.05, 4.69) is 11.9 Å². The molecule has 1 rings (SSSR count). The fourth-order valence-corrected chi connectivity index (χ4v) is 1.56. The first kappa shape index (κ1) is 16.0. The zero-order valence-corrected chi connectivity index (χ0v) is 12.2. The number of ether oxygens (including phenoxy) is 2. The zero-order valence-electron chi connectivity index (χ0n) is 12.2. The topological polar surface area (TPSA) is 47.6 Å². The first-order chi connectivity index (χ1) is 9.48. The van der Waals surface area contributed by atoms with Crippen molar-refractivity contribution in [3.8, 4) is 5.75 Å². The predicted octanol–water partition coefficient (Wildman–Crippen LogP) is 2.68. The molecule has 0 aromatic heterocycles. The van der Waals surface area contributed by atoms with Gasteiger partial charge in [0.05, 0.1) is 7.11 Å². The second kappa shape index (κ2) is 7.50. The third-order valence-corrected chi connectivity index (χ3v) is 2.55. The normalized spacial score (nSPS) is 11.8. The molecule has 0 radical (unpaired) electrons. The Morgan fingerprint density at radius 3 is 2.55 bits per heavy atom. The molecule has 0 bridgehead atoms. The molecule has 0 aliphatic rings. The summed E-state index contributed by atoms with van der Waals surface area (Å²) in [5.74, 6) is 0.228. The van der Waals surface area contributed by atoms with Gasteiger partial charge in [0.2, 0.25) is 5.76 Å². The molecule has 0 heterocycles. The van der Waals surface area contributed by atoms with Crippen molar-refractivity contribution in [1.82, 2.24) is 5.32 Å². The van der Waals surface area contributed by atoms with E-state index in [4.69, 9.17) is 9.47 Å². The number of hydrogen-bond donors (Lipinski definition) is 1. The molecule has 0 atom stereocenters. The van der Waals surface area contributed by atoms with Crippen molar-refractivity contribution in [1.29, 1.82) is 0 Å². The summed E-state index contributed by atoms with van der Waals surface area (Å²) in [6.45, 7) is 8.16. The molecule has 1 aromatic rings. The maximum atomic E-state index is 11.8. The zero-order chi connectivity index (χ0) is 15.0. The molecule has 4 nitrogen and oxygen atoms in total. The fraction of sp³-hybridized carbons (Fsp3) is 0.312. The van der Waals surface area contributed by atoms with Crippen LogP contribution in [-0.2, 0) is 9.53 Å². The van der Waals surface area contributed by atoms with Crippen LogP contribution >= 0.6 is 0 Å². The number of benzene rings is 1. The van der Waals surface area contributed by atoms with Crippen LogP contribution in [0.2, 0.25) is 0 Å². The van der Waals surface area contributed by atoms with E-state index in [1.165, 1.54) is 7.11 Å². The Hall–Kier alpha value is -2.07. The van der Waals surface area contributed by atoms with Crippen LogP contribution in [0.15, 0.2) is 54.8 Å². The maximum absolute atomic E-state index is 11.8. The van der Waals surface area contributed by atoms with Crippen molar-refractivity contribution in [3.63, 3.8) is 0 Å². The summed E-state index contributed by atoms with van der Waals surface area (Å²) in [4.78, 5) is 11.8. The summed E-state index contributed by atoms with van der Waals surface area (Å²) in [6, 6.07) is 9.11. The number of para-hydroxylation sites is 1. The van der Waals surface area contributed by atoms with Crippen LogP contribution in [0.4, 0.5) is 0 Å². The van der Waals surface area contributed by atoms with Crippen molar-refractivity contribution >= 4 is 5.97 Å². The number of carbonyl (C=O) groups excluding carboxylic acids is 1. The van der Waals surface area contributed by atoms with Crippen LogP contribution in [-0.4, -0.2) is 25.2 Å². The van der Waals surface area contributed by atoms with Crippen molar-refractivity contribution in [2.45, 2.75) is 19.4 Å². The van der Waals surface area contributed by atoms with E-state index in [0.29, 0.717) is 12.3 Å².